The van der Waals surface area contributed by atoms with Crippen molar-refractivity contribution in [1.29, 1.82) is 0 Å². The van der Waals surface area contributed by atoms with Gasteiger partial charge in [0, 0.05) is 6.20 Å². The third-order valence-corrected chi connectivity index (χ3v) is 1.95. The summed E-state index contributed by atoms with van der Waals surface area (Å²) >= 11 is 0. The predicted molar refractivity (Wildman–Crippen MR) is 41.8 cm³/mol. The molecule has 0 saturated heterocycles. The molecule has 0 aromatic carbocycles. The van der Waals surface area contributed by atoms with E-state index in [-0.39, 0.29) is 5.41 Å². The molecule has 4 N–H and O–H groups in total. The maximum Gasteiger partial charge on any atom is 0.109 e. The van der Waals surface area contributed by atoms with Gasteiger partial charge in [-0.2, -0.15) is 0 Å². The first-order valence-corrected chi connectivity index (χ1v) is 3.45. The Hall–Kier alpha value is -0.540. The van der Waals surface area contributed by atoms with Crippen molar-refractivity contribution in [3.8, 4) is 0 Å². The summed E-state index contributed by atoms with van der Waals surface area (Å²) in [5.74, 6) is 0. The van der Waals surface area contributed by atoms with Gasteiger partial charge in [0.25, 0.3) is 0 Å². The first kappa shape index (κ1) is 7.57. The Balaban J connectivity index is 2.78. The molecule has 0 spiro atoms. The van der Waals surface area contributed by atoms with E-state index in [1.54, 1.807) is 0 Å². The van der Waals surface area contributed by atoms with E-state index in [4.69, 9.17) is 5.73 Å². The Labute approximate surface area is 61.6 Å². The minimum Gasteiger partial charge on any atom is -0.327 e. The van der Waals surface area contributed by atoms with Gasteiger partial charge in [-0.05, 0) is 11.5 Å². The molecule has 0 aromatic heterocycles. The van der Waals surface area contributed by atoms with Crippen LogP contribution in [0, 0.1) is 5.41 Å². The Kier molecular flexibility index (Phi) is 1.49. The molecule has 10 heavy (non-hydrogen) atoms. The second-order valence-electron chi connectivity index (χ2n) is 3.72. The third-order valence-electron chi connectivity index (χ3n) is 1.95. The zero-order chi connectivity index (χ0) is 7.83. The Morgan fingerprint density at radius 1 is 1.40 bits per heavy atom. The normalized spacial score (nSPS) is 32.4. The van der Waals surface area contributed by atoms with Crippen LogP contribution in [-0.2, 0) is 0 Å². The summed E-state index contributed by atoms with van der Waals surface area (Å²) in [5.41, 5.74) is 11.5. The van der Waals surface area contributed by atoms with Crippen molar-refractivity contribution in [1.82, 2.24) is 10.9 Å². The Bertz CT molecular complexity index is 157. The molecular formula is C7H15N3. The lowest BCUT2D eigenvalue weighted by Gasteiger charge is -2.36. The highest BCUT2D eigenvalue weighted by molar-refractivity contribution is 5.12. The highest BCUT2D eigenvalue weighted by atomic mass is 15.4. The molecule has 1 unspecified atom stereocenters. The molecular weight excluding hydrogens is 126 g/mol. The lowest BCUT2D eigenvalue weighted by atomic mass is 9.82. The van der Waals surface area contributed by atoms with E-state index >= 15 is 0 Å². The van der Waals surface area contributed by atoms with E-state index in [0.717, 1.165) is 0 Å². The maximum absolute atomic E-state index is 5.98. The van der Waals surface area contributed by atoms with Crippen LogP contribution in [0.25, 0.3) is 0 Å². The van der Waals surface area contributed by atoms with Crippen molar-refractivity contribution in [3.05, 3.63) is 12.3 Å². The fraction of sp³-hybridized carbons (Fsp3) is 0.714. The van der Waals surface area contributed by atoms with Crippen LogP contribution in [0.4, 0.5) is 0 Å². The van der Waals surface area contributed by atoms with Crippen LogP contribution < -0.4 is 16.6 Å². The van der Waals surface area contributed by atoms with Gasteiger partial charge < -0.3 is 11.2 Å². The molecule has 0 aliphatic carbocycles. The molecule has 0 aromatic rings. The van der Waals surface area contributed by atoms with Gasteiger partial charge in [0.2, 0.25) is 0 Å². The van der Waals surface area contributed by atoms with Crippen molar-refractivity contribution in [3.63, 3.8) is 0 Å². The predicted octanol–water partition coefficient (Wildman–Crippen LogP) is 0.309. The summed E-state index contributed by atoms with van der Waals surface area (Å²) < 4.78 is 0. The maximum atomic E-state index is 5.98. The molecule has 3 heteroatoms. The van der Waals surface area contributed by atoms with Crippen LogP contribution in [0.1, 0.15) is 20.8 Å². The summed E-state index contributed by atoms with van der Waals surface area (Å²) in [7, 11) is 0. The molecule has 1 rings (SSSR count). The standard InChI is InChI=1S/C7H15N3/c1-6(2,3)7(8)4-5-9-10-7/h4-5,9-10H,8H2,1-3H3. The van der Waals surface area contributed by atoms with Crippen molar-refractivity contribution in [2.24, 2.45) is 11.1 Å². The molecule has 1 atom stereocenters. The minimum absolute atomic E-state index is 0.0347. The van der Waals surface area contributed by atoms with E-state index in [9.17, 15) is 0 Å². The van der Waals surface area contributed by atoms with Gasteiger partial charge in [-0.25, -0.2) is 5.43 Å². The molecule has 3 nitrogen and oxygen atoms in total. The second-order valence-corrected chi connectivity index (χ2v) is 3.72. The summed E-state index contributed by atoms with van der Waals surface area (Å²) in [6.07, 6.45) is 3.76. The number of rotatable bonds is 0. The topological polar surface area (TPSA) is 50.1 Å². The quantitative estimate of drug-likeness (QED) is 0.455. The van der Waals surface area contributed by atoms with Gasteiger partial charge >= 0.3 is 0 Å². The SMILES string of the molecule is CC(C)(C)C1(N)C=CNN1. The summed E-state index contributed by atoms with van der Waals surface area (Å²) in [6, 6.07) is 0. The zero-order valence-electron chi connectivity index (χ0n) is 6.73. The van der Waals surface area contributed by atoms with Crippen molar-refractivity contribution >= 4 is 0 Å². The molecule has 0 fully saturated rings. The number of hydrazine groups is 1. The van der Waals surface area contributed by atoms with Crippen LogP contribution in [-0.4, -0.2) is 5.66 Å². The summed E-state index contributed by atoms with van der Waals surface area (Å²) in [4.78, 5) is 0. The lowest BCUT2D eigenvalue weighted by molar-refractivity contribution is 0.196. The van der Waals surface area contributed by atoms with Crippen LogP contribution >= 0.6 is 0 Å². The summed E-state index contributed by atoms with van der Waals surface area (Å²) in [5, 5.41) is 0. The van der Waals surface area contributed by atoms with E-state index in [0.29, 0.717) is 0 Å². The molecule has 0 saturated carbocycles. The van der Waals surface area contributed by atoms with Crippen LogP contribution in [0.2, 0.25) is 0 Å². The van der Waals surface area contributed by atoms with Crippen LogP contribution in [0.3, 0.4) is 0 Å². The van der Waals surface area contributed by atoms with Crippen LogP contribution in [0.5, 0.6) is 0 Å². The van der Waals surface area contributed by atoms with E-state index < -0.39 is 5.66 Å². The monoisotopic (exact) mass is 141 g/mol. The average Bonchev–Trinajstić information content (AvgIpc) is 2.13. The number of nitrogens with one attached hydrogen (secondary N) is 2. The van der Waals surface area contributed by atoms with Crippen molar-refractivity contribution < 1.29 is 0 Å². The molecule has 1 heterocycles. The molecule has 1 aliphatic heterocycles. The molecule has 0 amide bonds. The fourth-order valence-corrected chi connectivity index (χ4v) is 0.813. The zero-order valence-corrected chi connectivity index (χ0v) is 6.73. The van der Waals surface area contributed by atoms with Gasteiger partial charge in [-0.3, -0.25) is 0 Å². The lowest BCUT2D eigenvalue weighted by Crippen LogP contribution is -2.60. The number of nitrogens with two attached hydrogens (primary N) is 1. The second kappa shape index (κ2) is 1.97. The largest absolute Gasteiger partial charge is 0.327 e. The van der Waals surface area contributed by atoms with Gasteiger partial charge in [-0.15, -0.1) is 0 Å². The highest BCUT2D eigenvalue weighted by Gasteiger charge is 2.37. The smallest absolute Gasteiger partial charge is 0.109 e. The van der Waals surface area contributed by atoms with E-state index in [1.807, 2.05) is 12.3 Å². The van der Waals surface area contributed by atoms with Crippen molar-refractivity contribution in [2.75, 3.05) is 0 Å². The van der Waals surface area contributed by atoms with E-state index in [1.165, 1.54) is 0 Å². The molecule has 58 valence electrons. The Morgan fingerprint density at radius 3 is 2.20 bits per heavy atom. The van der Waals surface area contributed by atoms with Gasteiger partial charge in [0.15, 0.2) is 0 Å². The first-order valence-electron chi connectivity index (χ1n) is 3.45. The fourth-order valence-electron chi connectivity index (χ4n) is 0.813. The highest BCUT2D eigenvalue weighted by Crippen LogP contribution is 2.27. The van der Waals surface area contributed by atoms with Gasteiger partial charge in [-0.1, -0.05) is 20.8 Å². The van der Waals surface area contributed by atoms with Gasteiger partial charge in [0.05, 0.1) is 0 Å². The molecule has 0 bridgehead atoms. The average molecular weight is 141 g/mol. The van der Waals surface area contributed by atoms with Gasteiger partial charge in [0.1, 0.15) is 5.66 Å². The summed E-state index contributed by atoms with van der Waals surface area (Å²) in [6.45, 7) is 6.28. The van der Waals surface area contributed by atoms with Crippen molar-refractivity contribution in [2.45, 2.75) is 26.4 Å². The number of hydrogen-bond acceptors (Lipinski definition) is 3. The molecule has 0 radical (unpaired) electrons. The first-order chi connectivity index (χ1) is 4.46. The Morgan fingerprint density at radius 2 is 2.00 bits per heavy atom. The minimum atomic E-state index is -0.410. The van der Waals surface area contributed by atoms with Crippen LogP contribution in [0.15, 0.2) is 12.3 Å². The third kappa shape index (κ3) is 1.02. The van der Waals surface area contributed by atoms with E-state index in [2.05, 4.69) is 31.6 Å². The molecule has 1 aliphatic rings. The number of hydrogen-bond donors (Lipinski definition) is 3.